The van der Waals surface area contributed by atoms with Gasteiger partial charge in [-0.25, -0.2) is 0 Å². The van der Waals surface area contributed by atoms with Gasteiger partial charge in [-0.05, 0) is 31.5 Å². The van der Waals surface area contributed by atoms with Crippen molar-refractivity contribution >= 4 is 12.1 Å². The van der Waals surface area contributed by atoms with Crippen LogP contribution in [0.5, 0.6) is 0 Å². The molecule has 0 fully saturated rings. The largest absolute Gasteiger partial charge is 0.355 e. The highest BCUT2D eigenvalue weighted by Crippen LogP contribution is 2.30. The number of hydrogen-bond acceptors (Lipinski definition) is 3. The molecule has 1 N–H and O–H groups in total. The molecule has 0 amide bonds. The van der Waals surface area contributed by atoms with Crippen molar-refractivity contribution in [3.63, 3.8) is 0 Å². The zero-order chi connectivity index (χ0) is 14.0. The predicted octanol–water partition coefficient (Wildman–Crippen LogP) is 2.88. The summed E-state index contributed by atoms with van der Waals surface area (Å²) in [4.78, 5) is 25.8. The summed E-state index contributed by atoms with van der Waals surface area (Å²) >= 11 is 0. The summed E-state index contributed by atoms with van der Waals surface area (Å²) in [7, 11) is 0. The van der Waals surface area contributed by atoms with Crippen LogP contribution in [0.3, 0.4) is 0 Å². The summed E-state index contributed by atoms with van der Waals surface area (Å²) in [5.74, 6) is -0.0961. The third-order valence-corrected chi connectivity index (χ3v) is 2.99. The molecule has 0 spiro atoms. The Hall–Kier alpha value is -2.67. The summed E-state index contributed by atoms with van der Waals surface area (Å²) < 4.78 is 0. The normalized spacial score (nSPS) is 9.95. The molecule has 1 aromatic carbocycles. The molecular formula is C15H12N2O2. The van der Waals surface area contributed by atoms with Crippen LogP contribution in [0.2, 0.25) is 0 Å². The van der Waals surface area contributed by atoms with Crippen molar-refractivity contribution in [2.75, 3.05) is 0 Å². The molecule has 0 saturated heterocycles. The molecule has 0 aliphatic heterocycles. The van der Waals surface area contributed by atoms with Crippen molar-refractivity contribution in [1.82, 2.24) is 4.98 Å². The van der Waals surface area contributed by atoms with Crippen molar-refractivity contribution in [1.29, 1.82) is 5.26 Å². The Balaban J connectivity index is 2.69. The lowest BCUT2D eigenvalue weighted by Crippen LogP contribution is -1.96. The van der Waals surface area contributed by atoms with Gasteiger partial charge in [0.2, 0.25) is 0 Å². The maximum absolute atomic E-state index is 11.7. The van der Waals surface area contributed by atoms with Crippen LogP contribution in [0.25, 0.3) is 11.1 Å². The number of H-pyrrole nitrogens is 1. The Bertz CT molecular complexity index is 688. The van der Waals surface area contributed by atoms with Gasteiger partial charge < -0.3 is 4.98 Å². The number of benzene rings is 1. The maximum Gasteiger partial charge on any atom is 0.166 e. The third-order valence-electron chi connectivity index (χ3n) is 2.99. The highest BCUT2D eigenvalue weighted by molar-refractivity contribution is 6.06. The molecule has 0 atom stereocenters. The summed E-state index contributed by atoms with van der Waals surface area (Å²) in [5.41, 5.74) is 3.46. The first-order valence-electron chi connectivity index (χ1n) is 5.77. The summed E-state index contributed by atoms with van der Waals surface area (Å²) in [6, 6.07) is 8.83. The van der Waals surface area contributed by atoms with Crippen molar-refractivity contribution in [3.05, 3.63) is 46.8 Å². The van der Waals surface area contributed by atoms with Gasteiger partial charge in [-0.3, -0.25) is 9.59 Å². The number of nitriles is 1. The van der Waals surface area contributed by atoms with Crippen LogP contribution in [0.1, 0.15) is 39.0 Å². The quantitative estimate of drug-likeness (QED) is 0.674. The molecule has 94 valence electrons. The Morgan fingerprint density at radius 3 is 2.42 bits per heavy atom. The van der Waals surface area contributed by atoms with E-state index in [1.54, 1.807) is 31.2 Å². The van der Waals surface area contributed by atoms with Gasteiger partial charge in [0.1, 0.15) is 0 Å². The number of rotatable bonds is 3. The van der Waals surface area contributed by atoms with E-state index in [9.17, 15) is 9.59 Å². The Morgan fingerprint density at radius 2 is 1.95 bits per heavy atom. The lowest BCUT2D eigenvalue weighted by atomic mass is 9.97. The fraction of sp³-hybridized carbons (Fsp3) is 0.133. The number of aldehydes is 1. The smallest absolute Gasteiger partial charge is 0.166 e. The monoisotopic (exact) mass is 252 g/mol. The average molecular weight is 252 g/mol. The second kappa shape index (κ2) is 4.91. The number of Topliss-reactive ketones (excluding diaryl/α,β-unsaturated/α-hetero) is 1. The molecule has 0 unspecified atom stereocenters. The number of carbonyl (C=O) groups excluding carboxylic acids is 2. The summed E-state index contributed by atoms with van der Waals surface area (Å²) in [5, 5.41) is 8.78. The van der Waals surface area contributed by atoms with Crippen LogP contribution in [-0.2, 0) is 0 Å². The number of nitrogens with zero attached hydrogens (tertiary/aromatic N) is 1. The van der Waals surface area contributed by atoms with Gasteiger partial charge in [0.05, 0.1) is 17.3 Å². The van der Waals surface area contributed by atoms with E-state index in [1.807, 2.05) is 6.07 Å². The summed E-state index contributed by atoms with van der Waals surface area (Å²) in [6.45, 7) is 3.23. The van der Waals surface area contributed by atoms with E-state index in [0.29, 0.717) is 34.4 Å². The van der Waals surface area contributed by atoms with Crippen molar-refractivity contribution in [2.24, 2.45) is 0 Å². The van der Waals surface area contributed by atoms with Gasteiger partial charge in [0.25, 0.3) is 0 Å². The minimum absolute atomic E-state index is 0.0961. The molecule has 0 aliphatic rings. The Morgan fingerprint density at radius 1 is 1.32 bits per heavy atom. The molecule has 4 heteroatoms. The Labute approximate surface area is 110 Å². The van der Waals surface area contributed by atoms with E-state index in [1.165, 1.54) is 6.92 Å². The van der Waals surface area contributed by atoms with Gasteiger partial charge in [-0.15, -0.1) is 0 Å². The van der Waals surface area contributed by atoms with Crippen LogP contribution >= 0.6 is 0 Å². The number of hydrogen-bond donors (Lipinski definition) is 1. The number of aromatic amines is 1. The van der Waals surface area contributed by atoms with E-state index in [2.05, 4.69) is 4.98 Å². The minimum Gasteiger partial charge on any atom is -0.355 e. The van der Waals surface area contributed by atoms with Crippen LogP contribution in [0.4, 0.5) is 0 Å². The molecule has 0 saturated carbocycles. The van der Waals surface area contributed by atoms with Gasteiger partial charge in [0, 0.05) is 16.8 Å². The van der Waals surface area contributed by atoms with E-state index >= 15 is 0 Å². The number of carbonyl (C=O) groups is 2. The third kappa shape index (κ3) is 2.18. The van der Waals surface area contributed by atoms with Gasteiger partial charge in [-0.2, -0.15) is 5.26 Å². The number of aromatic nitrogens is 1. The lowest BCUT2D eigenvalue weighted by Gasteiger charge is -2.03. The number of ketones is 1. The summed E-state index contributed by atoms with van der Waals surface area (Å²) in [6.07, 6.45) is 0.701. The molecule has 19 heavy (non-hydrogen) atoms. The highest BCUT2D eigenvalue weighted by atomic mass is 16.1. The lowest BCUT2D eigenvalue weighted by molar-refractivity contribution is 0.101. The molecule has 1 heterocycles. The van der Waals surface area contributed by atoms with E-state index in [-0.39, 0.29) is 5.78 Å². The van der Waals surface area contributed by atoms with Gasteiger partial charge >= 0.3 is 0 Å². The molecule has 2 rings (SSSR count). The molecule has 1 aromatic heterocycles. The van der Waals surface area contributed by atoms with Crippen molar-refractivity contribution in [3.8, 4) is 17.2 Å². The van der Waals surface area contributed by atoms with Crippen LogP contribution in [0, 0.1) is 18.3 Å². The zero-order valence-corrected chi connectivity index (χ0v) is 10.7. The van der Waals surface area contributed by atoms with Gasteiger partial charge in [-0.1, -0.05) is 12.1 Å². The fourth-order valence-electron chi connectivity index (χ4n) is 2.19. The molecular weight excluding hydrogens is 240 g/mol. The minimum atomic E-state index is -0.0961. The second-order valence-electron chi connectivity index (χ2n) is 4.28. The van der Waals surface area contributed by atoms with Crippen LogP contribution < -0.4 is 0 Å². The van der Waals surface area contributed by atoms with Crippen LogP contribution in [0.15, 0.2) is 24.3 Å². The predicted molar refractivity (Wildman–Crippen MR) is 71.1 cm³/mol. The van der Waals surface area contributed by atoms with Crippen LogP contribution in [-0.4, -0.2) is 17.1 Å². The molecule has 4 nitrogen and oxygen atoms in total. The first-order valence-corrected chi connectivity index (χ1v) is 5.77. The van der Waals surface area contributed by atoms with E-state index in [0.717, 1.165) is 5.56 Å². The molecule has 0 bridgehead atoms. The first-order chi connectivity index (χ1) is 9.08. The first kappa shape index (κ1) is 12.8. The average Bonchev–Trinajstić information content (AvgIpc) is 2.75. The maximum atomic E-state index is 11.7. The second-order valence-corrected chi connectivity index (χ2v) is 4.28. The van der Waals surface area contributed by atoms with Crippen molar-refractivity contribution in [2.45, 2.75) is 13.8 Å². The van der Waals surface area contributed by atoms with E-state index < -0.39 is 0 Å². The number of nitrogens with one attached hydrogen (secondary N) is 1. The molecule has 0 aliphatic carbocycles. The molecule has 2 aromatic rings. The van der Waals surface area contributed by atoms with E-state index in [4.69, 9.17) is 5.26 Å². The topological polar surface area (TPSA) is 73.7 Å². The SMILES string of the molecule is CC(=O)c1c(C)[nH]c(C=O)c1-c1ccc(C#N)cc1. The number of aryl methyl sites for hydroxylation is 1. The standard InChI is InChI=1S/C15H12N2O2/c1-9-14(10(2)19)15(13(8-18)17-9)12-5-3-11(7-16)4-6-12/h3-6,8,17H,1-2H3. The zero-order valence-electron chi connectivity index (χ0n) is 10.7. The Kier molecular flexibility index (Phi) is 3.30. The highest BCUT2D eigenvalue weighted by Gasteiger charge is 2.19. The van der Waals surface area contributed by atoms with Crippen molar-refractivity contribution < 1.29 is 9.59 Å². The molecule has 0 radical (unpaired) electrons. The van der Waals surface area contributed by atoms with Gasteiger partial charge in [0.15, 0.2) is 12.1 Å². The fourth-order valence-corrected chi connectivity index (χ4v) is 2.19.